The molecule has 0 aliphatic rings. The number of carboxylic acid groups (broad SMARTS) is 1. The van der Waals surface area contributed by atoms with Crippen LogP contribution in [-0.2, 0) is 9.59 Å². The van der Waals surface area contributed by atoms with E-state index in [-0.39, 0.29) is 12.2 Å². The van der Waals surface area contributed by atoms with E-state index in [9.17, 15) is 9.59 Å². The summed E-state index contributed by atoms with van der Waals surface area (Å²) in [5, 5.41) is 8.56. The first-order valence-electron chi connectivity index (χ1n) is 9.49. The van der Waals surface area contributed by atoms with Gasteiger partial charge in [0.15, 0.2) is 5.78 Å². The smallest absolute Gasteiger partial charge is 0.303 e. The Morgan fingerprint density at radius 2 is 1.30 bits per heavy atom. The van der Waals surface area contributed by atoms with Gasteiger partial charge in [-0.15, -0.1) is 0 Å². The highest BCUT2D eigenvalue weighted by Crippen LogP contribution is 2.15. The van der Waals surface area contributed by atoms with E-state index in [0.717, 1.165) is 56.9 Å². The fourth-order valence-electron chi connectivity index (χ4n) is 2.74. The van der Waals surface area contributed by atoms with Crippen molar-refractivity contribution >= 4 is 11.8 Å². The van der Waals surface area contributed by atoms with Crippen LogP contribution in [0.4, 0.5) is 0 Å². The van der Waals surface area contributed by atoms with Gasteiger partial charge in [-0.25, -0.2) is 0 Å². The molecule has 1 N–H and O–H groups in total. The Morgan fingerprint density at radius 1 is 0.783 bits per heavy atom. The number of rotatable bonds is 16. The van der Waals surface area contributed by atoms with Crippen LogP contribution < -0.4 is 0 Å². The first-order chi connectivity index (χ1) is 11.1. The molecule has 0 unspecified atom stereocenters. The van der Waals surface area contributed by atoms with Crippen LogP contribution in [0.25, 0.3) is 0 Å². The minimum absolute atomic E-state index is 0.222. The third-order valence-corrected chi connectivity index (χ3v) is 4.24. The third kappa shape index (κ3) is 15.5. The van der Waals surface area contributed by atoms with Crippen molar-refractivity contribution in [2.75, 3.05) is 0 Å². The lowest BCUT2D eigenvalue weighted by atomic mass is 10.0. The van der Waals surface area contributed by atoms with Crippen LogP contribution >= 0.6 is 0 Å². The Morgan fingerprint density at radius 3 is 1.87 bits per heavy atom. The molecule has 0 bridgehead atoms. The van der Waals surface area contributed by atoms with Gasteiger partial charge in [-0.3, -0.25) is 9.59 Å². The van der Waals surface area contributed by atoms with Crippen molar-refractivity contribution in [3.8, 4) is 0 Å². The molecule has 0 rings (SSSR count). The molecule has 0 heterocycles. The lowest BCUT2D eigenvalue weighted by molar-refractivity contribution is -0.137. The average molecular weight is 325 g/mol. The normalized spacial score (nSPS) is 11.7. The Kier molecular flexibility index (Phi) is 15.0. The second kappa shape index (κ2) is 15.8. The number of carbonyl (C=O) groups is 2. The SMILES string of the molecule is CCCCCCCCC(=CCCCCCCCC(=O)O)C(C)=O. The number of ketones is 1. The summed E-state index contributed by atoms with van der Waals surface area (Å²) in [7, 11) is 0. The van der Waals surface area contributed by atoms with Gasteiger partial charge >= 0.3 is 5.97 Å². The molecule has 0 spiro atoms. The third-order valence-electron chi connectivity index (χ3n) is 4.24. The van der Waals surface area contributed by atoms with Crippen molar-refractivity contribution in [3.63, 3.8) is 0 Å². The summed E-state index contributed by atoms with van der Waals surface area (Å²) in [4.78, 5) is 22.0. The minimum atomic E-state index is -0.700. The van der Waals surface area contributed by atoms with Gasteiger partial charge in [0.2, 0.25) is 0 Å². The molecule has 134 valence electrons. The molecule has 0 radical (unpaired) electrons. The molecule has 3 heteroatoms. The monoisotopic (exact) mass is 324 g/mol. The fraction of sp³-hybridized carbons (Fsp3) is 0.800. The lowest BCUT2D eigenvalue weighted by Crippen LogP contribution is -1.97. The molecule has 0 aliphatic heterocycles. The fourth-order valence-corrected chi connectivity index (χ4v) is 2.74. The first-order valence-corrected chi connectivity index (χ1v) is 9.49. The molecule has 0 amide bonds. The van der Waals surface area contributed by atoms with E-state index < -0.39 is 5.97 Å². The number of unbranched alkanes of at least 4 members (excludes halogenated alkanes) is 10. The van der Waals surface area contributed by atoms with Gasteiger partial charge in [-0.1, -0.05) is 64.4 Å². The summed E-state index contributed by atoms with van der Waals surface area (Å²) in [6.07, 6.45) is 17.0. The molecule has 0 aromatic heterocycles. The molecule has 0 saturated heterocycles. The van der Waals surface area contributed by atoms with E-state index in [1.54, 1.807) is 6.92 Å². The highest BCUT2D eigenvalue weighted by molar-refractivity contribution is 5.93. The van der Waals surface area contributed by atoms with Crippen molar-refractivity contribution in [3.05, 3.63) is 11.6 Å². The van der Waals surface area contributed by atoms with Crippen LogP contribution in [-0.4, -0.2) is 16.9 Å². The Bertz CT molecular complexity index is 345. The van der Waals surface area contributed by atoms with E-state index in [0.29, 0.717) is 0 Å². The maximum Gasteiger partial charge on any atom is 0.303 e. The molecule has 3 nitrogen and oxygen atoms in total. The Labute approximate surface area is 142 Å². The summed E-state index contributed by atoms with van der Waals surface area (Å²) in [5.41, 5.74) is 1.01. The van der Waals surface area contributed by atoms with Gasteiger partial charge in [0.1, 0.15) is 0 Å². The standard InChI is InChI=1S/C20H36O3/c1-3-4-5-6-9-12-15-19(18(2)21)16-13-10-7-8-11-14-17-20(22)23/h16H,3-15,17H2,1-2H3,(H,22,23). The maximum absolute atomic E-state index is 11.7. The maximum atomic E-state index is 11.7. The number of carbonyl (C=O) groups excluding carboxylic acids is 1. The summed E-state index contributed by atoms with van der Waals surface area (Å²) < 4.78 is 0. The number of carboxylic acids is 1. The molecule has 0 atom stereocenters. The summed E-state index contributed by atoms with van der Waals surface area (Å²) in [5.74, 6) is -0.478. The lowest BCUT2D eigenvalue weighted by Gasteiger charge is -2.05. The largest absolute Gasteiger partial charge is 0.481 e. The van der Waals surface area contributed by atoms with Gasteiger partial charge in [0.25, 0.3) is 0 Å². The second-order valence-corrected chi connectivity index (χ2v) is 6.50. The quantitative estimate of drug-likeness (QED) is 0.277. The topological polar surface area (TPSA) is 54.4 Å². The van der Waals surface area contributed by atoms with Crippen molar-refractivity contribution < 1.29 is 14.7 Å². The molecule has 23 heavy (non-hydrogen) atoms. The van der Waals surface area contributed by atoms with E-state index in [1.807, 2.05) is 0 Å². The summed E-state index contributed by atoms with van der Waals surface area (Å²) in [6, 6.07) is 0. The summed E-state index contributed by atoms with van der Waals surface area (Å²) >= 11 is 0. The summed E-state index contributed by atoms with van der Waals surface area (Å²) in [6.45, 7) is 3.90. The van der Waals surface area contributed by atoms with Crippen molar-refractivity contribution in [1.82, 2.24) is 0 Å². The molecular weight excluding hydrogens is 288 g/mol. The van der Waals surface area contributed by atoms with Gasteiger partial charge in [-0.2, -0.15) is 0 Å². The molecule has 0 aromatic rings. The van der Waals surface area contributed by atoms with Crippen LogP contribution in [0, 0.1) is 0 Å². The number of aliphatic carboxylic acids is 1. The predicted octanol–water partition coefficient (Wildman–Crippen LogP) is 6.07. The van der Waals surface area contributed by atoms with Crippen LogP contribution in [0.3, 0.4) is 0 Å². The van der Waals surface area contributed by atoms with E-state index in [1.165, 1.54) is 32.1 Å². The van der Waals surface area contributed by atoms with E-state index >= 15 is 0 Å². The molecule has 0 aliphatic carbocycles. The van der Waals surface area contributed by atoms with Crippen molar-refractivity contribution in [2.45, 2.75) is 104 Å². The molecule has 0 fully saturated rings. The van der Waals surface area contributed by atoms with Gasteiger partial charge in [-0.05, 0) is 44.6 Å². The van der Waals surface area contributed by atoms with E-state index in [2.05, 4.69) is 13.0 Å². The van der Waals surface area contributed by atoms with Gasteiger partial charge in [0, 0.05) is 6.42 Å². The highest BCUT2D eigenvalue weighted by Gasteiger charge is 2.03. The molecule has 0 aromatic carbocycles. The predicted molar refractivity (Wildman–Crippen MR) is 96.7 cm³/mol. The average Bonchev–Trinajstić information content (AvgIpc) is 2.50. The number of hydrogen-bond acceptors (Lipinski definition) is 2. The Balaban J connectivity index is 3.69. The highest BCUT2D eigenvalue weighted by atomic mass is 16.4. The van der Waals surface area contributed by atoms with Crippen molar-refractivity contribution in [1.29, 1.82) is 0 Å². The van der Waals surface area contributed by atoms with Crippen LogP contribution in [0.1, 0.15) is 104 Å². The van der Waals surface area contributed by atoms with Crippen LogP contribution in [0.5, 0.6) is 0 Å². The van der Waals surface area contributed by atoms with Crippen molar-refractivity contribution in [2.24, 2.45) is 0 Å². The number of Topliss-reactive ketones (excluding diaryl/α,β-unsaturated/α-hetero) is 1. The van der Waals surface area contributed by atoms with Gasteiger partial charge in [0.05, 0.1) is 0 Å². The molecule has 0 saturated carbocycles. The van der Waals surface area contributed by atoms with E-state index in [4.69, 9.17) is 5.11 Å². The number of hydrogen-bond donors (Lipinski definition) is 1. The van der Waals surface area contributed by atoms with Crippen LogP contribution in [0.15, 0.2) is 11.6 Å². The Hall–Kier alpha value is -1.12. The zero-order valence-electron chi connectivity index (χ0n) is 15.2. The zero-order chi connectivity index (χ0) is 17.3. The first kappa shape index (κ1) is 21.9. The minimum Gasteiger partial charge on any atom is -0.481 e. The zero-order valence-corrected chi connectivity index (χ0v) is 15.2. The molecular formula is C20H36O3. The van der Waals surface area contributed by atoms with Gasteiger partial charge < -0.3 is 5.11 Å². The second-order valence-electron chi connectivity index (χ2n) is 6.50. The number of allylic oxidation sites excluding steroid dienone is 2. The van der Waals surface area contributed by atoms with Crippen LogP contribution in [0.2, 0.25) is 0 Å².